The van der Waals surface area contributed by atoms with E-state index in [4.69, 9.17) is 21.4 Å². The first-order chi connectivity index (χ1) is 21.6. The molecule has 250 valence electrons. The number of hydrogen-bond donors (Lipinski definition) is 5. The van der Waals surface area contributed by atoms with Crippen LogP contribution in [0.3, 0.4) is 0 Å². The number of ether oxygens (including phenoxy) is 1. The van der Waals surface area contributed by atoms with E-state index in [0.717, 1.165) is 50.9 Å². The summed E-state index contributed by atoms with van der Waals surface area (Å²) in [6.07, 6.45) is 0.812. The molecule has 1 unspecified atom stereocenters. The van der Waals surface area contributed by atoms with Crippen molar-refractivity contribution < 1.29 is 43.8 Å². The van der Waals surface area contributed by atoms with E-state index >= 15 is 8.78 Å². The van der Waals surface area contributed by atoms with E-state index in [1.807, 2.05) is 0 Å². The van der Waals surface area contributed by atoms with Gasteiger partial charge < -0.3 is 40.0 Å². The van der Waals surface area contributed by atoms with Gasteiger partial charge in [0, 0.05) is 63.5 Å². The molecule has 0 saturated carbocycles. The second-order valence-corrected chi connectivity index (χ2v) is 12.1. The Balaban J connectivity index is 1.22. The molecule has 3 heterocycles. The van der Waals surface area contributed by atoms with Crippen molar-refractivity contribution in [3.8, 4) is 5.75 Å². The van der Waals surface area contributed by atoms with Gasteiger partial charge in [0.1, 0.15) is 42.0 Å². The predicted molar refractivity (Wildman–Crippen MR) is 161 cm³/mol. The van der Waals surface area contributed by atoms with Crippen LogP contribution in [0.25, 0.3) is 0 Å². The lowest BCUT2D eigenvalue weighted by atomic mass is 9.92. The van der Waals surface area contributed by atoms with Gasteiger partial charge in [-0.05, 0) is 31.6 Å². The molecule has 45 heavy (non-hydrogen) atoms. The van der Waals surface area contributed by atoms with Crippen molar-refractivity contribution in [2.75, 3.05) is 63.9 Å². The molecule has 1 aromatic heterocycles. The fraction of sp³-hybridized carbons (Fsp3) is 0.633. The monoisotopic (exact) mass is 657 g/mol. The molecule has 0 bridgehead atoms. The zero-order chi connectivity index (χ0) is 32.5. The first-order valence-electron chi connectivity index (χ1n) is 15.2. The number of hydrogen-bond acceptors (Lipinski definition) is 12. The summed E-state index contributed by atoms with van der Waals surface area (Å²) < 4.78 is 36.0. The Morgan fingerprint density at radius 2 is 1.56 bits per heavy atom. The summed E-state index contributed by atoms with van der Waals surface area (Å²) in [7, 11) is 0. The van der Waals surface area contributed by atoms with Crippen LogP contribution in [0.4, 0.5) is 14.7 Å². The maximum atomic E-state index is 15.1. The Bertz CT molecular complexity index is 1200. The minimum absolute atomic E-state index is 0.0533. The Morgan fingerprint density at radius 3 is 2.13 bits per heavy atom. The van der Waals surface area contributed by atoms with Crippen LogP contribution in [0.1, 0.15) is 37.3 Å². The van der Waals surface area contributed by atoms with Crippen LogP contribution in [-0.2, 0) is 4.79 Å². The highest BCUT2D eigenvalue weighted by Gasteiger charge is 2.34. The minimum atomic E-state index is -1.73. The number of anilines is 1. The lowest BCUT2D eigenvalue weighted by Gasteiger charge is -2.39. The number of piperazine rings is 1. The number of β-amino-alcohol motifs (C(OH)–C–C–N with tert-alkyl or cyclic N) is 1. The fourth-order valence-electron chi connectivity index (χ4n) is 5.88. The highest BCUT2D eigenvalue weighted by molar-refractivity contribution is 6.30. The number of benzene rings is 1. The number of aromatic nitrogens is 2. The summed E-state index contributed by atoms with van der Waals surface area (Å²) in [5, 5.41) is 49.0. The van der Waals surface area contributed by atoms with E-state index in [2.05, 4.69) is 14.9 Å². The van der Waals surface area contributed by atoms with E-state index in [1.54, 1.807) is 22.2 Å². The summed E-state index contributed by atoms with van der Waals surface area (Å²) in [6.45, 7) is 2.26. The molecular formula is C30H42ClF2N5O7. The molecule has 15 heteroatoms. The van der Waals surface area contributed by atoms with E-state index in [0.29, 0.717) is 42.9 Å². The van der Waals surface area contributed by atoms with Crippen molar-refractivity contribution in [3.05, 3.63) is 46.7 Å². The zero-order valence-corrected chi connectivity index (χ0v) is 25.7. The van der Waals surface area contributed by atoms with Crippen LogP contribution in [-0.4, -0.2) is 135 Å². The molecule has 0 amide bonds. The predicted octanol–water partition coefficient (Wildman–Crippen LogP) is 0.777. The van der Waals surface area contributed by atoms with Gasteiger partial charge in [-0.3, -0.25) is 9.80 Å². The number of carbonyl (C=O) groups is 1. The van der Waals surface area contributed by atoms with Crippen molar-refractivity contribution in [2.45, 2.75) is 56.1 Å². The van der Waals surface area contributed by atoms with Gasteiger partial charge in [-0.15, -0.1) is 0 Å². The molecule has 2 aromatic rings. The topological polar surface area (TPSA) is 163 Å². The van der Waals surface area contributed by atoms with Gasteiger partial charge in [-0.1, -0.05) is 11.6 Å². The molecule has 2 aliphatic rings. The van der Waals surface area contributed by atoms with Crippen molar-refractivity contribution in [3.63, 3.8) is 0 Å². The number of aldehydes is 1. The van der Waals surface area contributed by atoms with E-state index in [1.165, 1.54) is 0 Å². The number of piperidine rings is 1. The van der Waals surface area contributed by atoms with Crippen molar-refractivity contribution in [1.29, 1.82) is 0 Å². The number of rotatable bonds is 15. The van der Waals surface area contributed by atoms with Crippen LogP contribution in [0.2, 0.25) is 5.02 Å². The average molecular weight is 658 g/mol. The zero-order valence-electron chi connectivity index (χ0n) is 25.0. The molecular weight excluding hydrogens is 616 g/mol. The lowest BCUT2D eigenvalue weighted by molar-refractivity contribution is -0.122. The van der Waals surface area contributed by atoms with Crippen LogP contribution >= 0.6 is 11.6 Å². The van der Waals surface area contributed by atoms with Crippen molar-refractivity contribution >= 4 is 23.8 Å². The van der Waals surface area contributed by atoms with Gasteiger partial charge in [-0.2, -0.15) is 0 Å². The molecule has 1 aromatic carbocycles. The summed E-state index contributed by atoms with van der Waals surface area (Å²) in [4.78, 5) is 26.1. The standard InChI is InChI=1S/C30H42ClF2N5O7/c31-20-14-34-30(35-15-20)38-5-3-19(4-6-38)2-1-11-45-21-12-22(32)27(23(33)13-21)24(17-39)37-9-7-36(8-10-37)16-25(41)28(43)29(44)26(42)18-40/h12-15,17,19,24-26,28-29,40-44H,1-11,16,18H2/t24?,25-,26+,28+,29+/m0/s1. The quantitative estimate of drug-likeness (QED) is 0.135. The average Bonchev–Trinajstić information content (AvgIpc) is 3.04. The third-order valence-electron chi connectivity index (χ3n) is 8.58. The van der Waals surface area contributed by atoms with Gasteiger partial charge in [0.2, 0.25) is 5.95 Å². The second-order valence-electron chi connectivity index (χ2n) is 11.6. The van der Waals surface area contributed by atoms with Crippen LogP contribution in [0.15, 0.2) is 24.5 Å². The molecule has 12 nitrogen and oxygen atoms in total. The summed E-state index contributed by atoms with van der Waals surface area (Å²) in [6, 6.07) is 1.03. The Labute approximate surface area is 265 Å². The fourth-order valence-corrected chi connectivity index (χ4v) is 5.97. The summed E-state index contributed by atoms with van der Waals surface area (Å²) in [5.41, 5.74) is -0.362. The first-order valence-corrected chi connectivity index (χ1v) is 15.6. The van der Waals surface area contributed by atoms with E-state index in [-0.39, 0.29) is 30.9 Å². The number of halogens is 3. The molecule has 5 N–H and O–H groups in total. The molecule has 2 aliphatic heterocycles. The Morgan fingerprint density at radius 1 is 0.956 bits per heavy atom. The first kappa shape index (κ1) is 35.3. The smallest absolute Gasteiger partial charge is 0.225 e. The molecule has 4 rings (SSSR count). The number of aliphatic hydroxyl groups excluding tert-OH is 5. The summed E-state index contributed by atoms with van der Waals surface area (Å²) >= 11 is 5.87. The van der Waals surface area contributed by atoms with Gasteiger partial charge in [0.25, 0.3) is 0 Å². The Hall–Kier alpha value is -2.56. The van der Waals surface area contributed by atoms with Crippen LogP contribution in [0.5, 0.6) is 5.75 Å². The molecule has 2 saturated heterocycles. The second kappa shape index (κ2) is 16.8. The van der Waals surface area contributed by atoms with Gasteiger partial charge in [-0.25, -0.2) is 18.7 Å². The largest absolute Gasteiger partial charge is 0.493 e. The SMILES string of the molecule is O=CC(c1c(F)cc(OCCCC2CCN(c3ncc(Cl)cn3)CC2)cc1F)N1CCN(C[C@H](O)[C@@H](O)[C@H](O)[C@H](O)CO)CC1. The maximum Gasteiger partial charge on any atom is 0.225 e. The molecule has 2 fully saturated rings. The highest BCUT2D eigenvalue weighted by Crippen LogP contribution is 2.30. The number of carbonyl (C=O) groups excluding carboxylic acids is 1. The molecule has 0 spiro atoms. The van der Waals surface area contributed by atoms with Gasteiger partial charge >= 0.3 is 0 Å². The lowest BCUT2D eigenvalue weighted by Crippen LogP contribution is -2.54. The van der Waals surface area contributed by atoms with Gasteiger partial charge in [0.05, 0.1) is 42.8 Å². The van der Waals surface area contributed by atoms with Crippen molar-refractivity contribution in [2.24, 2.45) is 5.92 Å². The third-order valence-corrected chi connectivity index (χ3v) is 8.77. The number of nitrogens with zero attached hydrogens (tertiary/aromatic N) is 5. The Kier molecular flexibility index (Phi) is 13.2. The van der Waals surface area contributed by atoms with E-state index < -0.39 is 48.7 Å². The maximum absolute atomic E-state index is 15.1. The molecule has 5 atom stereocenters. The molecule has 0 aliphatic carbocycles. The van der Waals surface area contributed by atoms with Crippen molar-refractivity contribution in [1.82, 2.24) is 19.8 Å². The van der Waals surface area contributed by atoms with Crippen LogP contribution in [0, 0.1) is 17.6 Å². The van der Waals surface area contributed by atoms with Gasteiger partial charge in [0.15, 0.2) is 0 Å². The minimum Gasteiger partial charge on any atom is -0.493 e. The number of aliphatic hydroxyl groups is 5. The molecule has 0 radical (unpaired) electrons. The highest BCUT2D eigenvalue weighted by atomic mass is 35.5. The third kappa shape index (κ3) is 9.48. The van der Waals surface area contributed by atoms with Crippen LogP contribution < -0.4 is 9.64 Å². The summed E-state index contributed by atoms with van der Waals surface area (Å²) in [5.74, 6) is -0.536. The normalized spacial score (nSPS) is 20.4. The van der Waals surface area contributed by atoms with E-state index in [9.17, 15) is 25.2 Å².